The van der Waals surface area contributed by atoms with Crippen LogP contribution in [0.2, 0.25) is 5.02 Å². The predicted molar refractivity (Wildman–Crippen MR) is 117 cm³/mol. The van der Waals surface area contributed by atoms with Crippen LogP contribution in [0.3, 0.4) is 0 Å². The van der Waals surface area contributed by atoms with Crippen LogP contribution in [0.1, 0.15) is 55.1 Å². The average molecular weight is 413 g/mol. The quantitative estimate of drug-likeness (QED) is 0.737. The van der Waals surface area contributed by atoms with Crippen molar-refractivity contribution in [2.45, 2.75) is 52.1 Å². The van der Waals surface area contributed by atoms with Crippen LogP contribution in [0.4, 0.5) is 0 Å². The number of rotatable bonds is 6. The van der Waals surface area contributed by atoms with Gasteiger partial charge in [0.1, 0.15) is 5.54 Å². The van der Waals surface area contributed by atoms with Crippen molar-refractivity contribution in [2.24, 2.45) is 5.92 Å². The fourth-order valence-electron chi connectivity index (χ4n) is 3.79. The van der Waals surface area contributed by atoms with Crippen molar-refractivity contribution >= 4 is 23.4 Å². The van der Waals surface area contributed by atoms with Crippen LogP contribution in [0.25, 0.3) is 0 Å². The summed E-state index contributed by atoms with van der Waals surface area (Å²) in [5.74, 6) is 0.298. The Balaban J connectivity index is 1.95. The van der Waals surface area contributed by atoms with E-state index in [1.165, 1.54) is 0 Å². The van der Waals surface area contributed by atoms with Crippen molar-refractivity contribution in [2.75, 3.05) is 6.54 Å². The lowest BCUT2D eigenvalue weighted by atomic mass is 9.91. The SMILES string of the molecule is CC(C)CCNC(=O)C1(C)CCc2ccccc2C(=O)N1Cc1cccc(Cl)c1. The Morgan fingerprint density at radius 3 is 2.69 bits per heavy atom. The Labute approximate surface area is 178 Å². The molecular weight excluding hydrogens is 384 g/mol. The molecule has 2 amide bonds. The fourth-order valence-corrected chi connectivity index (χ4v) is 4.01. The van der Waals surface area contributed by atoms with Crippen molar-refractivity contribution in [3.05, 3.63) is 70.2 Å². The van der Waals surface area contributed by atoms with Crippen molar-refractivity contribution in [1.82, 2.24) is 10.2 Å². The van der Waals surface area contributed by atoms with Gasteiger partial charge in [-0.1, -0.05) is 55.8 Å². The molecule has 29 heavy (non-hydrogen) atoms. The van der Waals surface area contributed by atoms with Gasteiger partial charge in [0, 0.05) is 23.7 Å². The summed E-state index contributed by atoms with van der Waals surface area (Å²) >= 11 is 6.16. The van der Waals surface area contributed by atoms with E-state index in [1.807, 2.05) is 55.5 Å². The molecule has 1 N–H and O–H groups in total. The van der Waals surface area contributed by atoms with E-state index in [1.54, 1.807) is 4.90 Å². The highest BCUT2D eigenvalue weighted by Crippen LogP contribution is 2.32. The Hall–Kier alpha value is -2.33. The molecule has 0 saturated heterocycles. The van der Waals surface area contributed by atoms with Gasteiger partial charge in [-0.15, -0.1) is 0 Å². The first kappa shape index (κ1) is 21.4. The molecule has 0 saturated carbocycles. The molecule has 0 bridgehead atoms. The first-order valence-electron chi connectivity index (χ1n) is 10.2. The van der Waals surface area contributed by atoms with E-state index < -0.39 is 5.54 Å². The minimum absolute atomic E-state index is 0.0960. The van der Waals surface area contributed by atoms with Gasteiger partial charge < -0.3 is 10.2 Å². The number of halogens is 1. The van der Waals surface area contributed by atoms with E-state index in [4.69, 9.17) is 11.6 Å². The molecule has 1 heterocycles. The molecule has 1 aliphatic heterocycles. The van der Waals surface area contributed by atoms with Gasteiger partial charge in [-0.05, 0) is 61.4 Å². The Morgan fingerprint density at radius 2 is 1.97 bits per heavy atom. The third-order valence-corrected chi connectivity index (χ3v) is 5.93. The zero-order chi connectivity index (χ0) is 21.0. The number of carbonyl (C=O) groups is 2. The zero-order valence-corrected chi connectivity index (χ0v) is 18.1. The van der Waals surface area contributed by atoms with Crippen molar-refractivity contribution in [1.29, 1.82) is 0 Å². The lowest BCUT2D eigenvalue weighted by Gasteiger charge is -2.39. The summed E-state index contributed by atoms with van der Waals surface area (Å²) in [4.78, 5) is 28.5. The maximum absolute atomic E-state index is 13.5. The van der Waals surface area contributed by atoms with E-state index in [2.05, 4.69) is 19.2 Å². The molecule has 0 fully saturated rings. The largest absolute Gasteiger partial charge is 0.354 e. The molecule has 0 aliphatic carbocycles. The maximum atomic E-state index is 13.5. The van der Waals surface area contributed by atoms with Crippen molar-refractivity contribution in [3.8, 4) is 0 Å². The Kier molecular flexibility index (Phi) is 6.63. The Morgan fingerprint density at radius 1 is 1.21 bits per heavy atom. The van der Waals surface area contributed by atoms with Gasteiger partial charge in [-0.3, -0.25) is 9.59 Å². The minimum atomic E-state index is -0.935. The van der Waals surface area contributed by atoms with Gasteiger partial charge in [-0.2, -0.15) is 0 Å². The molecule has 2 aromatic carbocycles. The normalized spacial score (nSPS) is 19.1. The number of aryl methyl sites for hydroxylation is 1. The van der Waals surface area contributed by atoms with E-state index in [-0.39, 0.29) is 11.8 Å². The first-order valence-corrected chi connectivity index (χ1v) is 10.6. The molecule has 154 valence electrons. The molecule has 1 unspecified atom stereocenters. The van der Waals surface area contributed by atoms with Crippen LogP contribution in [0, 0.1) is 5.92 Å². The van der Waals surface area contributed by atoms with Crippen LogP contribution < -0.4 is 5.32 Å². The van der Waals surface area contributed by atoms with Crippen LogP contribution in [0.15, 0.2) is 48.5 Å². The van der Waals surface area contributed by atoms with Gasteiger partial charge in [0.05, 0.1) is 0 Å². The summed E-state index contributed by atoms with van der Waals surface area (Å²) in [7, 11) is 0. The van der Waals surface area contributed by atoms with Crippen molar-refractivity contribution in [3.63, 3.8) is 0 Å². The highest BCUT2D eigenvalue weighted by Gasteiger charge is 2.44. The molecule has 0 spiro atoms. The lowest BCUT2D eigenvalue weighted by Crippen LogP contribution is -2.58. The van der Waals surface area contributed by atoms with Crippen LogP contribution in [0.5, 0.6) is 0 Å². The summed E-state index contributed by atoms with van der Waals surface area (Å²) in [6, 6.07) is 15.1. The lowest BCUT2D eigenvalue weighted by molar-refractivity contribution is -0.132. The molecule has 4 nitrogen and oxygen atoms in total. The number of nitrogens with one attached hydrogen (secondary N) is 1. The summed E-state index contributed by atoms with van der Waals surface area (Å²) in [5, 5.41) is 3.69. The van der Waals surface area contributed by atoms with E-state index >= 15 is 0 Å². The summed E-state index contributed by atoms with van der Waals surface area (Å²) in [6.07, 6.45) is 2.16. The van der Waals surface area contributed by atoms with Gasteiger partial charge in [0.15, 0.2) is 0 Å². The predicted octanol–water partition coefficient (Wildman–Crippen LogP) is 4.85. The van der Waals surface area contributed by atoms with Gasteiger partial charge in [-0.25, -0.2) is 0 Å². The second-order valence-corrected chi connectivity index (χ2v) is 8.83. The summed E-state index contributed by atoms with van der Waals surface area (Å²) in [6.45, 7) is 7.09. The van der Waals surface area contributed by atoms with Gasteiger partial charge in [0.25, 0.3) is 5.91 Å². The van der Waals surface area contributed by atoms with Crippen LogP contribution in [-0.2, 0) is 17.8 Å². The number of hydrogen-bond donors (Lipinski definition) is 1. The molecule has 2 aromatic rings. The molecule has 5 heteroatoms. The fraction of sp³-hybridized carbons (Fsp3) is 0.417. The molecule has 0 aromatic heterocycles. The topological polar surface area (TPSA) is 49.4 Å². The minimum Gasteiger partial charge on any atom is -0.354 e. The van der Waals surface area contributed by atoms with Crippen molar-refractivity contribution < 1.29 is 9.59 Å². The molecule has 1 atom stereocenters. The maximum Gasteiger partial charge on any atom is 0.255 e. The number of nitrogens with zero attached hydrogens (tertiary/aromatic N) is 1. The second kappa shape index (κ2) is 9.00. The van der Waals surface area contributed by atoms with E-state index in [0.29, 0.717) is 42.4 Å². The zero-order valence-electron chi connectivity index (χ0n) is 17.4. The summed E-state index contributed by atoms with van der Waals surface area (Å²) in [5.41, 5.74) is 1.64. The number of fused-ring (bicyclic) bond motifs is 1. The number of carbonyl (C=O) groups excluding carboxylic acids is 2. The third-order valence-electron chi connectivity index (χ3n) is 5.70. The molecule has 3 rings (SSSR count). The number of hydrogen-bond acceptors (Lipinski definition) is 2. The van der Waals surface area contributed by atoms with E-state index in [0.717, 1.165) is 17.5 Å². The second-order valence-electron chi connectivity index (χ2n) is 8.39. The molecular formula is C24H29ClN2O2. The first-order chi connectivity index (χ1) is 13.8. The van der Waals surface area contributed by atoms with E-state index in [9.17, 15) is 9.59 Å². The highest BCUT2D eigenvalue weighted by atomic mass is 35.5. The standard InChI is InChI=1S/C24H29ClN2O2/c1-17(2)12-14-26-23(29)24(3)13-11-19-8-4-5-10-21(19)22(28)27(24)16-18-7-6-9-20(25)15-18/h4-10,15,17H,11-14,16H2,1-3H3,(H,26,29). The smallest absolute Gasteiger partial charge is 0.255 e. The molecule has 0 radical (unpaired) electrons. The van der Waals surface area contributed by atoms with Gasteiger partial charge in [0.2, 0.25) is 5.91 Å². The monoisotopic (exact) mass is 412 g/mol. The summed E-state index contributed by atoms with van der Waals surface area (Å²) < 4.78 is 0. The van der Waals surface area contributed by atoms with Crippen LogP contribution in [-0.4, -0.2) is 28.8 Å². The molecule has 1 aliphatic rings. The average Bonchev–Trinajstić information content (AvgIpc) is 2.79. The Bertz CT molecular complexity index is 896. The number of benzene rings is 2. The number of amides is 2. The van der Waals surface area contributed by atoms with Gasteiger partial charge >= 0.3 is 0 Å². The van der Waals surface area contributed by atoms with Crippen LogP contribution >= 0.6 is 11.6 Å². The third kappa shape index (κ3) is 4.81. The highest BCUT2D eigenvalue weighted by molar-refractivity contribution is 6.30.